The monoisotopic (exact) mass is 339 g/mol. The second-order valence-electron chi connectivity index (χ2n) is 5.20. The van der Waals surface area contributed by atoms with Crippen molar-refractivity contribution in [3.63, 3.8) is 0 Å². The number of hydrogen-bond donors (Lipinski definition) is 0. The summed E-state index contributed by atoms with van der Waals surface area (Å²) in [6.07, 6.45) is 0. The Bertz CT molecular complexity index is 976. The lowest BCUT2D eigenvalue weighted by Crippen LogP contribution is -1.80. The summed E-state index contributed by atoms with van der Waals surface area (Å²) < 4.78 is 5.78. The number of benzene rings is 3. The van der Waals surface area contributed by atoms with Gasteiger partial charge in [0.25, 0.3) is 0 Å². The van der Waals surface area contributed by atoms with E-state index in [9.17, 15) is 0 Å². The SMILES string of the molecule is Clc1cc(Cl)c2oc(-c3ccc(-c4ccccc4)cc3)nc2c1. The highest BCUT2D eigenvalue weighted by atomic mass is 35.5. The fraction of sp³-hybridized carbons (Fsp3) is 0. The highest BCUT2D eigenvalue weighted by Gasteiger charge is 2.12. The van der Waals surface area contributed by atoms with Crippen molar-refractivity contribution in [2.75, 3.05) is 0 Å². The van der Waals surface area contributed by atoms with Crippen molar-refractivity contribution in [3.8, 4) is 22.6 Å². The van der Waals surface area contributed by atoms with Crippen molar-refractivity contribution in [3.05, 3.63) is 76.8 Å². The number of aromatic nitrogens is 1. The van der Waals surface area contributed by atoms with Gasteiger partial charge in [-0.25, -0.2) is 4.98 Å². The molecule has 0 saturated carbocycles. The van der Waals surface area contributed by atoms with Crippen LogP contribution in [0, 0.1) is 0 Å². The smallest absolute Gasteiger partial charge is 0.227 e. The summed E-state index contributed by atoms with van der Waals surface area (Å²) in [5, 5.41) is 1.01. The van der Waals surface area contributed by atoms with E-state index in [1.165, 1.54) is 5.56 Å². The van der Waals surface area contributed by atoms with Gasteiger partial charge in [-0.3, -0.25) is 0 Å². The molecule has 1 aromatic heterocycles. The highest BCUT2D eigenvalue weighted by Crippen LogP contribution is 2.32. The number of nitrogens with zero attached hydrogens (tertiary/aromatic N) is 1. The summed E-state index contributed by atoms with van der Waals surface area (Å²) in [4.78, 5) is 4.47. The molecule has 0 fully saturated rings. The molecule has 0 aliphatic carbocycles. The molecule has 0 spiro atoms. The van der Waals surface area contributed by atoms with Crippen LogP contribution in [0.2, 0.25) is 10.0 Å². The van der Waals surface area contributed by atoms with Crippen LogP contribution in [0.25, 0.3) is 33.7 Å². The summed E-state index contributed by atoms with van der Waals surface area (Å²) >= 11 is 12.2. The third-order valence-electron chi connectivity index (χ3n) is 3.65. The lowest BCUT2D eigenvalue weighted by atomic mass is 10.0. The van der Waals surface area contributed by atoms with Gasteiger partial charge >= 0.3 is 0 Å². The average molecular weight is 340 g/mol. The zero-order chi connectivity index (χ0) is 15.8. The van der Waals surface area contributed by atoms with Gasteiger partial charge in [0.2, 0.25) is 5.89 Å². The van der Waals surface area contributed by atoms with Gasteiger partial charge in [0, 0.05) is 10.6 Å². The molecular formula is C19H11Cl2NO. The first-order valence-corrected chi connectivity index (χ1v) is 7.88. The molecule has 0 radical (unpaired) electrons. The van der Waals surface area contributed by atoms with Crippen molar-refractivity contribution in [2.24, 2.45) is 0 Å². The number of fused-ring (bicyclic) bond motifs is 1. The predicted molar refractivity (Wildman–Crippen MR) is 94.9 cm³/mol. The van der Waals surface area contributed by atoms with Gasteiger partial charge in [-0.15, -0.1) is 0 Å². The van der Waals surface area contributed by atoms with E-state index in [1.54, 1.807) is 12.1 Å². The molecule has 1 heterocycles. The number of rotatable bonds is 2. The van der Waals surface area contributed by atoms with Crippen molar-refractivity contribution in [1.29, 1.82) is 0 Å². The lowest BCUT2D eigenvalue weighted by Gasteiger charge is -2.02. The molecule has 4 rings (SSSR count). The van der Waals surface area contributed by atoms with E-state index >= 15 is 0 Å². The van der Waals surface area contributed by atoms with E-state index in [2.05, 4.69) is 17.1 Å². The van der Waals surface area contributed by atoms with Crippen LogP contribution in [0.4, 0.5) is 0 Å². The molecule has 0 unspecified atom stereocenters. The Balaban J connectivity index is 1.75. The standard InChI is InChI=1S/C19H11Cl2NO/c20-15-10-16(21)18-17(11-15)22-19(23-18)14-8-6-13(7-9-14)12-4-2-1-3-5-12/h1-11H. The van der Waals surface area contributed by atoms with Gasteiger partial charge in [-0.05, 0) is 35.4 Å². The van der Waals surface area contributed by atoms with Crippen molar-refractivity contribution in [2.45, 2.75) is 0 Å². The molecule has 4 heteroatoms. The van der Waals surface area contributed by atoms with E-state index in [0.717, 1.165) is 11.1 Å². The van der Waals surface area contributed by atoms with Gasteiger partial charge in [0.05, 0.1) is 5.02 Å². The number of hydrogen-bond acceptors (Lipinski definition) is 2. The minimum Gasteiger partial charge on any atom is -0.435 e. The minimum absolute atomic E-state index is 0.465. The van der Waals surface area contributed by atoms with E-state index in [0.29, 0.717) is 27.0 Å². The van der Waals surface area contributed by atoms with E-state index in [1.807, 2.05) is 42.5 Å². The normalized spacial score (nSPS) is 11.0. The zero-order valence-corrected chi connectivity index (χ0v) is 13.5. The van der Waals surface area contributed by atoms with Crippen LogP contribution in [-0.4, -0.2) is 4.98 Å². The Morgan fingerprint density at radius 3 is 2.13 bits per heavy atom. The Kier molecular flexibility index (Phi) is 3.56. The molecule has 112 valence electrons. The topological polar surface area (TPSA) is 26.0 Å². The van der Waals surface area contributed by atoms with Crippen LogP contribution in [0.1, 0.15) is 0 Å². The van der Waals surface area contributed by atoms with Crippen molar-refractivity contribution in [1.82, 2.24) is 4.98 Å². The largest absolute Gasteiger partial charge is 0.435 e. The maximum Gasteiger partial charge on any atom is 0.227 e. The van der Waals surface area contributed by atoms with E-state index in [4.69, 9.17) is 27.6 Å². The van der Waals surface area contributed by atoms with E-state index in [-0.39, 0.29) is 0 Å². The molecule has 0 aliphatic rings. The molecule has 0 aliphatic heterocycles. The molecule has 0 amide bonds. The van der Waals surface area contributed by atoms with Crippen molar-refractivity contribution >= 4 is 34.3 Å². The fourth-order valence-corrected chi connectivity index (χ4v) is 3.04. The fourth-order valence-electron chi connectivity index (χ4n) is 2.52. The summed E-state index contributed by atoms with van der Waals surface area (Å²) in [7, 11) is 0. The summed E-state index contributed by atoms with van der Waals surface area (Å²) in [6, 6.07) is 21.7. The maximum atomic E-state index is 6.15. The Morgan fingerprint density at radius 2 is 1.39 bits per heavy atom. The van der Waals surface area contributed by atoms with Gasteiger partial charge in [0.15, 0.2) is 5.58 Å². The summed E-state index contributed by atoms with van der Waals surface area (Å²) in [5.41, 5.74) is 4.42. The summed E-state index contributed by atoms with van der Waals surface area (Å²) in [6.45, 7) is 0. The van der Waals surface area contributed by atoms with Gasteiger partial charge in [0.1, 0.15) is 5.52 Å². The maximum absolute atomic E-state index is 6.15. The number of oxazole rings is 1. The van der Waals surface area contributed by atoms with Crippen molar-refractivity contribution < 1.29 is 4.42 Å². The van der Waals surface area contributed by atoms with E-state index < -0.39 is 0 Å². The summed E-state index contributed by atoms with van der Waals surface area (Å²) in [5.74, 6) is 0.531. The van der Waals surface area contributed by atoms with Gasteiger partial charge in [-0.2, -0.15) is 0 Å². The molecule has 2 nitrogen and oxygen atoms in total. The highest BCUT2D eigenvalue weighted by molar-refractivity contribution is 6.38. The van der Waals surface area contributed by atoms with Gasteiger partial charge in [-0.1, -0.05) is 65.7 Å². The van der Waals surface area contributed by atoms with Crippen LogP contribution in [0.3, 0.4) is 0 Å². The molecule has 0 saturated heterocycles. The molecule has 0 N–H and O–H groups in total. The van der Waals surface area contributed by atoms with Crippen LogP contribution in [0.15, 0.2) is 71.1 Å². The number of halogens is 2. The third-order valence-corrected chi connectivity index (χ3v) is 4.15. The zero-order valence-electron chi connectivity index (χ0n) is 12.0. The Labute approximate surface area is 143 Å². The molecule has 0 atom stereocenters. The first-order chi connectivity index (χ1) is 11.2. The predicted octanol–water partition coefficient (Wildman–Crippen LogP) is 6.47. The molecule has 4 aromatic rings. The molecule has 0 bridgehead atoms. The average Bonchev–Trinajstić information content (AvgIpc) is 3.00. The molecule has 23 heavy (non-hydrogen) atoms. The second-order valence-corrected chi connectivity index (χ2v) is 6.04. The molecule has 3 aromatic carbocycles. The van der Waals surface area contributed by atoms with Crippen LogP contribution >= 0.6 is 23.2 Å². The first kappa shape index (κ1) is 14.3. The second kappa shape index (κ2) is 5.73. The Hall–Kier alpha value is -2.29. The van der Waals surface area contributed by atoms with Gasteiger partial charge < -0.3 is 4.42 Å². The molecular weight excluding hydrogens is 329 g/mol. The minimum atomic E-state index is 0.465. The lowest BCUT2D eigenvalue weighted by molar-refractivity contribution is 0.620. The third kappa shape index (κ3) is 2.72. The van der Waals surface area contributed by atoms with Crippen LogP contribution in [0.5, 0.6) is 0 Å². The Morgan fingerprint density at radius 1 is 0.739 bits per heavy atom. The van der Waals surface area contributed by atoms with Crippen LogP contribution in [-0.2, 0) is 0 Å². The quantitative estimate of drug-likeness (QED) is 0.418. The van der Waals surface area contributed by atoms with Crippen LogP contribution < -0.4 is 0 Å². The first-order valence-electron chi connectivity index (χ1n) is 7.12.